The van der Waals surface area contributed by atoms with Crippen LogP contribution in [0.2, 0.25) is 0 Å². The van der Waals surface area contributed by atoms with Gasteiger partial charge in [0, 0.05) is 11.3 Å². The lowest BCUT2D eigenvalue weighted by Crippen LogP contribution is -2.16. The molecule has 9 nitrogen and oxygen atoms in total. The summed E-state index contributed by atoms with van der Waals surface area (Å²) in [6, 6.07) is 8.76. The summed E-state index contributed by atoms with van der Waals surface area (Å²) in [5.41, 5.74) is 1.42. The molecule has 0 bridgehead atoms. The molecular weight excluding hydrogens is 464 g/mol. The van der Waals surface area contributed by atoms with Crippen molar-refractivity contribution in [2.75, 3.05) is 20.0 Å². The van der Waals surface area contributed by atoms with Crippen LogP contribution < -0.4 is 9.47 Å². The Morgan fingerprint density at radius 3 is 2.36 bits per heavy atom. The molecule has 33 heavy (non-hydrogen) atoms. The van der Waals surface area contributed by atoms with Gasteiger partial charge in [-0.05, 0) is 38.1 Å². The molecule has 4 aromatic rings. The molecule has 0 aliphatic rings. The molecule has 0 aliphatic carbocycles. The minimum absolute atomic E-state index is 0.0502. The Morgan fingerprint density at radius 1 is 1.06 bits per heavy atom. The van der Waals surface area contributed by atoms with Gasteiger partial charge in [0.05, 0.1) is 36.9 Å². The number of aryl methyl sites for hydroxylation is 3. The van der Waals surface area contributed by atoms with Gasteiger partial charge < -0.3 is 13.9 Å². The molecule has 0 fully saturated rings. The molecule has 0 amide bonds. The summed E-state index contributed by atoms with van der Waals surface area (Å²) in [4.78, 5) is 5.54. The van der Waals surface area contributed by atoms with Crippen LogP contribution in [0.4, 0.5) is 0 Å². The van der Waals surface area contributed by atoms with E-state index in [4.69, 9.17) is 13.9 Å². The van der Waals surface area contributed by atoms with Gasteiger partial charge in [-0.3, -0.25) is 4.57 Å². The van der Waals surface area contributed by atoms with Gasteiger partial charge in [0.2, 0.25) is 5.82 Å². The average Bonchev–Trinajstić information content (AvgIpc) is 3.52. The number of para-hydroxylation sites is 1. The minimum atomic E-state index is -3.53. The first-order valence-electron chi connectivity index (χ1n) is 10.2. The zero-order valence-electron chi connectivity index (χ0n) is 18.7. The lowest BCUT2D eigenvalue weighted by Gasteiger charge is -2.16. The molecule has 3 aromatic heterocycles. The van der Waals surface area contributed by atoms with Gasteiger partial charge in [-0.2, -0.15) is 0 Å². The van der Waals surface area contributed by atoms with Crippen LogP contribution in [0.3, 0.4) is 0 Å². The molecule has 0 saturated heterocycles. The summed E-state index contributed by atoms with van der Waals surface area (Å²) in [6.07, 6.45) is 1.86. The van der Waals surface area contributed by atoms with Crippen LogP contribution in [-0.4, -0.2) is 48.1 Å². The first kappa shape index (κ1) is 23.0. The molecule has 4 rings (SSSR count). The highest BCUT2D eigenvalue weighted by Crippen LogP contribution is 2.36. The normalized spacial score (nSPS) is 11.6. The van der Waals surface area contributed by atoms with E-state index >= 15 is 0 Å². The fourth-order valence-corrected chi connectivity index (χ4v) is 5.71. The van der Waals surface area contributed by atoms with Crippen LogP contribution in [0.15, 0.2) is 41.0 Å². The highest BCUT2D eigenvalue weighted by Gasteiger charge is 2.26. The van der Waals surface area contributed by atoms with Gasteiger partial charge in [-0.25, -0.2) is 13.4 Å². The van der Waals surface area contributed by atoms with Crippen LogP contribution in [0.1, 0.15) is 21.4 Å². The van der Waals surface area contributed by atoms with Crippen molar-refractivity contribution in [1.29, 1.82) is 0 Å². The summed E-state index contributed by atoms with van der Waals surface area (Å²) >= 11 is 1.52. The maximum absolute atomic E-state index is 13.1. The summed E-state index contributed by atoms with van der Waals surface area (Å²) < 4.78 is 44.4. The second-order valence-electron chi connectivity index (χ2n) is 7.35. The third-order valence-electron chi connectivity index (χ3n) is 5.15. The number of benzene rings is 1. The van der Waals surface area contributed by atoms with Crippen molar-refractivity contribution >= 4 is 21.2 Å². The van der Waals surface area contributed by atoms with Gasteiger partial charge in [-0.15, -0.1) is 21.5 Å². The largest absolute Gasteiger partial charge is 0.494 e. The third-order valence-corrected chi connectivity index (χ3v) is 7.80. The van der Waals surface area contributed by atoms with E-state index < -0.39 is 9.84 Å². The highest BCUT2D eigenvalue weighted by molar-refractivity contribution is 7.90. The van der Waals surface area contributed by atoms with Crippen molar-refractivity contribution in [3.63, 3.8) is 0 Å². The van der Waals surface area contributed by atoms with Crippen LogP contribution in [0.25, 0.3) is 17.3 Å². The first-order chi connectivity index (χ1) is 15.8. The van der Waals surface area contributed by atoms with Crippen molar-refractivity contribution in [1.82, 2.24) is 19.7 Å². The molecule has 1 aromatic carbocycles. The average molecular weight is 489 g/mol. The van der Waals surface area contributed by atoms with Crippen molar-refractivity contribution < 1.29 is 22.3 Å². The Balaban J connectivity index is 1.74. The smallest absolute Gasteiger partial charge is 0.204 e. The SMILES string of the molecule is COc1cccc(OC)c1-n1c(CS(=O)(=O)CCc2nc(C)c(C)s2)nnc1-c1ccco1. The maximum Gasteiger partial charge on any atom is 0.204 e. The predicted octanol–water partition coefficient (Wildman–Crippen LogP) is 3.78. The van der Waals surface area contributed by atoms with Crippen LogP contribution >= 0.6 is 11.3 Å². The van der Waals surface area contributed by atoms with E-state index in [2.05, 4.69) is 15.2 Å². The zero-order chi connectivity index (χ0) is 23.6. The number of hydrogen-bond acceptors (Lipinski definition) is 9. The molecule has 3 heterocycles. The Bertz CT molecular complexity index is 1320. The van der Waals surface area contributed by atoms with Crippen LogP contribution in [-0.2, 0) is 22.0 Å². The van der Waals surface area contributed by atoms with E-state index in [1.165, 1.54) is 31.8 Å². The van der Waals surface area contributed by atoms with E-state index in [9.17, 15) is 8.42 Å². The van der Waals surface area contributed by atoms with E-state index in [1.807, 2.05) is 13.8 Å². The van der Waals surface area contributed by atoms with Gasteiger partial charge in [-0.1, -0.05) is 6.07 Å². The molecule has 174 valence electrons. The Hall–Kier alpha value is -3.18. The Morgan fingerprint density at radius 2 is 1.79 bits per heavy atom. The van der Waals surface area contributed by atoms with Crippen LogP contribution in [0, 0.1) is 13.8 Å². The van der Waals surface area contributed by atoms with Gasteiger partial charge in [0.1, 0.15) is 22.9 Å². The second-order valence-corrected chi connectivity index (χ2v) is 10.8. The monoisotopic (exact) mass is 488 g/mol. The fourth-order valence-electron chi connectivity index (χ4n) is 3.42. The third kappa shape index (κ3) is 4.79. The molecule has 0 radical (unpaired) electrons. The molecule has 0 spiro atoms. The summed E-state index contributed by atoms with van der Waals surface area (Å²) in [7, 11) is -0.468. The summed E-state index contributed by atoms with van der Waals surface area (Å²) in [6.45, 7) is 3.90. The number of rotatable bonds is 9. The highest BCUT2D eigenvalue weighted by atomic mass is 32.2. The van der Waals surface area contributed by atoms with Crippen molar-refractivity contribution in [2.45, 2.75) is 26.0 Å². The number of ether oxygens (including phenoxy) is 2. The number of aromatic nitrogens is 4. The lowest BCUT2D eigenvalue weighted by molar-refractivity contribution is 0.390. The Kier molecular flexibility index (Phi) is 6.52. The van der Waals surface area contributed by atoms with Crippen molar-refractivity contribution in [2.24, 2.45) is 0 Å². The molecule has 0 aliphatic heterocycles. The maximum atomic E-state index is 13.1. The minimum Gasteiger partial charge on any atom is -0.494 e. The van der Waals surface area contributed by atoms with E-state index in [0.29, 0.717) is 35.2 Å². The van der Waals surface area contributed by atoms with E-state index in [1.54, 1.807) is 34.9 Å². The number of thiazole rings is 1. The topological polar surface area (TPSA) is 109 Å². The van der Waals surface area contributed by atoms with Gasteiger partial charge in [0.15, 0.2) is 21.4 Å². The predicted molar refractivity (Wildman–Crippen MR) is 125 cm³/mol. The number of furan rings is 1. The van der Waals surface area contributed by atoms with E-state index in [0.717, 1.165) is 15.6 Å². The second kappa shape index (κ2) is 9.36. The molecule has 0 saturated carbocycles. The zero-order valence-corrected chi connectivity index (χ0v) is 20.4. The van der Waals surface area contributed by atoms with Crippen LogP contribution in [0.5, 0.6) is 11.5 Å². The standard InChI is InChI=1S/C22H24N4O5S2/c1-14-15(2)32-20(23-14)10-12-33(27,28)13-19-24-25-22(18-9-6-11-31-18)26(19)21-16(29-3)7-5-8-17(21)30-4/h5-9,11H,10,12-13H2,1-4H3. The molecular formula is C22H24N4O5S2. The molecule has 0 unspecified atom stereocenters. The molecule has 0 atom stereocenters. The van der Waals surface area contributed by atoms with Crippen molar-refractivity contribution in [3.05, 3.63) is 58.0 Å². The van der Waals surface area contributed by atoms with E-state index in [-0.39, 0.29) is 17.3 Å². The number of sulfone groups is 1. The number of nitrogens with zero attached hydrogens (tertiary/aromatic N) is 4. The number of methoxy groups -OCH3 is 2. The number of hydrogen-bond donors (Lipinski definition) is 0. The Labute approximate surface area is 195 Å². The fraction of sp³-hybridized carbons (Fsp3) is 0.318. The quantitative estimate of drug-likeness (QED) is 0.350. The molecule has 11 heteroatoms. The van der Waals surface area contributed by atoms with Crippen molar-refractivity contribution in [3.8, 4) is 28.8 Å². The molecule has 0 N–H and O–H groups in total. The van der Waals surface area contributed by atoms with Gasteiger partial charge in [0.25, 0.3) is 0 Å². The summed E-state index contributed by atoms with van der Waals surface area (Å²) in [5.74, 6) is 1.61. The first-order valence-corrected chi connectivity index (χ1v) is 12.8. The lowest BCUT2D eigenvalue weighted by atomic mass is 10.2. The van der Waals surface area contributed by atoms with Gasteiger partial charge >= 0.3 is 0 Å². The summed E-state index contributed by atoms with van der Waals surface area (Å²) in [5, 5.41) is 9.25.